The molecule has 7 heteroatoms. The van der Waals surface area contributed by atoms with E-state index in [9.17, 15) is 13.2 Å². The quantitative estimate of drug-likeness (QED) is 0.858. The average molecular weight is 361 g/mol. The summed E-state index contributed by atoms with van der Waals surface area (Å²) >= 11 is 0. The molecule has 0 atom stereocenters. The van der Waals surface area contributed by atoms with Gasteiger partial charge >= 0.3 is 0 Å². The van der Waals surface area contributed by atoms with E-state index in [0.29, 0.717) is 29.9 Å². The number of nitrogens with zero attached hydrogens (tertiary/aromatic N) is 2. The fourth-order valence-electron chi connectivity index (χ4n) is 2.46. The summed E-state index contributed by atoms with van der Waals surface area (Å²) in [7, 11) is -3.59. The lowest BCUT2D eigenvalue weighted by atomic mass is 10.2. The van der Waals surface area contributed by atoms with E-state index in [-0.39, 0.29) is 10.8 Å². The molecule has 1 aromatic carbocycles. The first kappa shape index (κ1) is 19.1. The number of hydrogen-bond donors (Lipinski definition) is 1. The predicted molar refractivity (Wildman–Crippen MR) is 98.2 cm³/mol. The van der Waals surface area contributed by atoms with Gasteiger partial charge in [-0.1, -0.05) is 19.9 Å². The van der Waals surface area contributed by atoms with E-state index in [4.69, 9.17) is 0 Å². The molecule has 1 N–H and O–H groups in total. The van der Waals surface area contributed by atoms with E-state index < -0.39 is 10.0 Å². The van der Waals surface area contributed by atoms with Crippen molar-refractivity contribution >= 4 is 21.6 Å². The van der Waals surface area contributed by atoms with Crippen molar-refractivity contribution in [2.75, 3.05) is 18.4 Å². The zero-order chi connectivity index (χ0) is 18.6. The number of anilines is 1. The van der Waals surface area contributed by atoms with Crippen LogP contribution in [0, 0.1) is 13.8 Å². The van der Waals surface area contributed by atoms with Crippen molar-refractivity contribution < 1.29 is 13.2 Å². The standard InChI is InChI=1S/C18H23N3O3S/c1-5-21(6-2)25(23,24)17-11-16(10-7-13(17)3)20-18(22)15-9-8-14(4)19-12-15/h7-12H,5-6H2,1-4H3,(H,20,22). The largest absolute Gasteiger partial charge is 0.322 e. The maximum Gasteiger partial charge on any atom is 0.257 e. The summed E-state index contributed by atoms with van der Waals surface area (Å²) in [5.74, 6) is -0.331. The molecule has 25 heavy (non-hydrogen) atoms. The molecule has 0 spiro atoms. The minimum atomic E-state index is -3.59. The Hall–Kier alpha value is -2.25. The fourth-order valence-corrected chi connectivity index (χ4v) is 4.17. The van der Waals surface area contributed by atoms with Gasteiger partial charge in [-0.25, -0.2) is 8.42 Å². The molecule has 6 nitrogen and oxygen atoms in total. The molecule has 2 rings (SSSR count). The molecule has 1 aromatic heterocycles. The normalized spacial score (nSPS) is 11.6. The zero-order valence-corrected chi connectivity index (χ0v) is 15.7. The number of pyridine rings is 1. The van der Waals surface area contributed by atoms with Gasteiger partial charge in [0.05, 0.1) is 10.5 Å². The van der Waals surface area contributed by atoms with E-state index in [2.05, 4.69) is 10.3 Å². The van der Waals surface area contributed by atoms with Gasteiger partial charge in [-0.3, -0.25) is 9.78 Å². The Balaban J connectivity index is 2.33. The minimum Gasteiger partial charge on any atom is -0.322 e. The highest BCUT2D eigenvalue weighted by molar-refractivity contribution is 7.89. The Morgan fingerprint density at radius 3 is 2.36 bits per heavy atom. The van der Waals surface area contributed by atoms with E-state index >= 15 is 0 Å². The summed E-state index contributed by atoms with van der Waals surface area (Å²) < 4.78 is 26.9. The van der Waals surface area contributed by atoms with Gasteiger partial charge in [0.1, 0.15) is 0 Å². The minimum absolute atomic E-state index is 0.205. The first-order valence-corrected chi connectivity index (χ1v) is 9.58. The smallest absolute Gasteiger partial charge is 0.257 e. The van der Waals surface area contributed by atoms with Gasteiger partial charge in [0.25, 0.3) is 5.91 Å². The summed E-state index contributed by atoms with van der Waals surface area (Å²) in [6, 6.07) is 8.32. The van der Waals surface area contributed by atoms with Crippen LogP contribution in [0.25, 0.3) is 0 Å². The van der Waals surface area contributed by atoms with Crippen molar-refractivity contribution in [1.29, 1.82) is 0 Å². The van der Waals surface area contributed by atoms with Crippen LogP contribution < -0.4 is 5.32 Å². The summed E-state index contributed by atoms with van der Waals surface area (Å²) in [5, 5.41) is 2.73. The molecular weight excluding hydrogens is 338 g/mol. The molecule has 1 amide bonds. The molecule has 2 aromatic rings. The first-order chi connectivity index (χ1) is 11.8. The number of carbonyl (C=O) groups excluding carboxylic acids is 1. The van der Waals surface area contributed by atoms with Crippen LogP contribution >= 0.6 is 0 Å². The number of sulfonamides is 1. The number of aryl methyl sites for hydroxylation is 2. The van der Waals surface area contributed by atoms with Crippen molar-refractivity contribution in [3.8, 4) is 0 Å². The Morgan fingerprint density at radius 1 is 1.12 bits per heavy atom. The van der Waals surface area contributed by atoms with E-state index in [1.165, 1.54) is 16.6 Å². The monoisotopic (exact) mass is 361 g/mol. The maximum atomic E-state index is 12.8. The molecule has 0 aliphatic rings. The third kappa shape index (κ3) is 4.24. The third-order valence-electron chi connectivity index (χ3n) is 3.94. The van der Waals surface area contributed by atoms with E-state index in [1.807, 2.05) is 6.92 Å². The Kier molecular flexibility index (Phi) is 5.92. The van der Waals surface area contributed by atoms with Crippen molar-refractivity contribution in [3.05, 3.63) is 53.3 Å². The Bertz CT molecular complexity index is 858. The lowest BCUT2D eigenvalue weighted by Gasteiger charge is -2.20. The molecule has 134 valence electrons. The SMILES string of the molecule is CCN(CC)S(=O)(=O)c1cc(NC(=O)c2ccc(C)nc2)ccc1C. The zero-order valence-electron chi connectivity index (χ0n) is 14.9. The van der Waals surface area contributed by atoms with Gasteiger partial charge in [0.15, 0.2) is 0 Å². The summed E-state index contributed by atoms with van der Waals surface area (Å²) in [6.45, 7) is 7.96. The second-order valence-electron chi connectivity index (χ2n) is 5.71. The van der Waals surface area contributed by atoms with Crippen LogP contribution in [0.5, 0.6) is 0 Å². The molecule has 0 bridgehead atoms. The highest BCUT2D eigenvalue weighted by Crippen LogP contribution is 2.24. The van der Waals surface area contributed by atoms with Crippen LogP contribution in [0.4, 0.5) is 5.69 Å². The third-order valence-corrected chi connectivity index (χ3v) is 6.13. The van der Waals surface area contributed by atoms with Gasteiger partial charge in [0, 0.05) is 30.7 Å². The van der Waals surface area contributed by atoms with Crippen molar-refractivity contribution in [3.63, 3.8) is 0 Å². The average Bonchev–Trinajstić information content (AvgIpc) is 2.57. The lowest BCUT2D eigenvalue weighted by molar-refractivity contribution is 0.102. The van der Waals surface area contributed by atoms with Crippen LogP contribution in [0.1, 0.15) is 35.5 Å². The number of amides is 1. The highest BCUT2D eigenvalue weighted by atomic mass is 32.2. The molecule has 1 heterocycles. The second-order valence-corrected chi connectivity index (χ2v) is 7.62. The van der Waals surface area contributed by atoms with Gasteiger partial charge < -0.3 is 5.32 Å². The number of aromatic nitrogens is 1. The van der Waals surface area contributed by atoms with Gasteiger partial charge in [-0.15, -0.1) is 0 Å². The molecule has 0 radical (unpaired) electrons. The number of hydrogen-bond acceptors (Lipinski definition) is 4. The number of rotatable bonds is 6. The Labute approximate surface area is 148 Å². The lowest BCUT2D eigenvalue weighted by Crippen LogP contribution is -2.31. The van der Waals surface area contributed by atoms with Gasteiger partial charge in [-0.2, -0.15) is 4.31 Å². The van der Waals surface area contributed by atoms with Gasteiger partial charge in [0.2, 0.25) is 10.0 Å². The summed E-state index contributed by atoms with van der Waals surface area (Å²) in [6.07, 6.45) is 1.49. The van der Waals surface area contributed by atoms with Crippen molar-refractivity contribution in [2.45, 2.75) is 32.6 Å². The fraction of sp³-hybridized carbons (Fsp3) is 0.333. The molecule has 0 saturated carbocycles. The molecular formula is C18H23N3O3S. The summed E-state index contributed by atoms with van der Waals surface area (Å²) in [5.41, 5.74) is 2.31. The molecule has 0 aliphatic heterocycles. The van der Waals surface area contributed by atoms with E-state index in [1.54, 1.807) is 45.0 Å². The van der Waals surface area contributed by atoms with Crippen LogP contribution in [-0.4, -0.2) is 36.7 Å². The molecule has 0 saturated heterocycles. The topological polar surface area (TPSA) is 79.4 Å². The Morgan fingerprint density at radius 2 is 1.80 bits per heavy atom. The second kappa shape index (κ2) is 7.76. The van der Waals surface area contributed by atoms with Gasteiger partial charge in [-0.05, 0) is 43.7 Å². The van der Waals surface area contributed by atoms with Crippen molar-refractivity contribution in [2.24, 2.45) is 0 Å². The first-order valence-electron chi connectivity index (χ1n) is 8.14. The van der Waals surface area contributed by atoms with Crippen LogP contribution in [0.2, 0.25) is 0 Å². The van der Waals surface area contributed by atoms with E-state index in [0.717, 1.165) is 5.69 Å². The number of nitrogens with one attached hydrogen (secondary N) is 1. The number of benzene rings is 1. The summed E-state index contributed by atoms with van der Waals surface area (Å²) in [4.78, 5) is 16.6. The number of carbonyl (C=O) groups is 1. The van der Waals surface area contributed by atoms with Crippen molar-refractivity contribution in [1.82, 2.24) is 9.29 Å². The maximum absolute atomic E-state index is 12.8. The predicted octanol–water partition coefficient (Wildman–Crippen LogP) is 2.98. The molecule has 0 unspecified atom stereocenters. The van der Waals surface area contributed by atoms with Crippen LogP contribution in [-0.2, 0) is 10.0 Å². The highest BCUT2D eigenvalue weighted by Gasteiger charge is 2.24. The molecule has 0 aliphatic carbocycles. The van der Waals surface area contributed by atoms with Crippen LogP contribution in [0.3, 0.4) is 0 Å². The molecule has 0 fully saturated rings. The van der Waals surface area contributed by atoms with Crippen LogP contribution in [0.15, 0.2) is 41.4 Å².